The molecule has 0 aliphatic carbocycles. The summed E-state index contributed by atoms with van der Waals surface area (Å²) in [4.78, 5) is 0. The zero-order valence-electron chi connectivity index (χ0n) is 28.5. The van der Waals surface area contributed by atoms with Gasteiger partial charge in [0.15, 0.2) is 8.46 Å². The highest BCUT2D eigenvalue weighted by atomic mass is 31.2. The Kier molecular flexibility index (Phi) is 32.5. The van der Waals surface area contributed by atoms with E-state index >= 15 is 0 Å². The van der Waals surface area contributed by atoms with Crippen LogP contribution >= 0.6 is 15.7 Å². The van der Waals surface area contributed by atoms with Crippen molar-refractivity contribution < 1.29 is 4.57 Å². The Labute approximate surface area is 261 Å². The van der Waals surface area contributed by atoms with Gasteiger partial charge in [-0.3, -0.25) is 4.57 Å². The van der Waals surface area contributed by atoms with Crippen LogP contribution in [0.25, 0.3) is 0 Å². The molecular formula is C38H73OP2+. The third-order valence-corrected chi connectivity index (χ3v) is 14.4. The van der Waals surface area contributed by atoms with Crippen LogP contribution in [0.4, 0.5) is 0 Å². The van der Waals surface area contributed by atoms with E-state index in [0.29, 0.717) is 0 Å². The van der Waals surface area contributed by atoms with E-state index in [4.69, 9.17) is 0 Å². The second-order valence-corrected chi connectivity index (χ2v) is 17.9. The average Bonchev–Trinajstić information content (AvgIpc) is 3.01. The van der Waals surface area contributed by atoms with Crippen LogP contribution in [0.15, 0.2) is 30.3 Å². The molecule has 0 aliphatic rings. The Morgan fingerprint density at radius 3 is 0.951 bits per heavy atom. The summed E-state index contributed by atoms with van der Waals surface area (Å²) in [5, 5.41) is 0.826. The van der Waals surface area contributed by atoms with Crippen molar-refractivity contribution >= 4 is 21.0 Å². The Bertz CT molecular complexity index is 601. The Balaban J connectivity index is 0.00000170. The van der Waals surface area contributed by atoms with Crippen molar-refractivity contribution in [1.82, 2.24) is 0 Å². The normalized spacial score (nSPS) is 11.5. The van der Waals surface area contributed by atoms with Gasteiger partial charge in [0.1, 0.15) is 0 Å². The fourth-order valence-electron chi connectivity index (χ4n) is 6.07. The first kappa shape index (κ1) is 40.8. The van der Waals surface area contributed by atoms with Crippen LogP contribution in [0, 0.1) is 0 Å². The van der Waals surface area contributed by atoms with Crippen molar-refractivity contribution in [3.05, 3.63) is 30.3 Å². The summed E-state index contributed by atoms with van der Waals surface area (Å²) in [6, 6.07) is 9.25. The van der Waals surface area contributed by atoms with Crippen LogP contribution in [-0.4, -0.2) is 24.6 Å². The van der Waals surface area contributed by atoms with Crippen molar-refractivity contribution in [3.63, 3.8) is 0 Å². The first-order chi connectivity index (χ1) is 20.2. The quantitative estimate of drug-likeness (QED) is 0.0654. The number of hydrogen-bond donors (Lipinski definition) is 0. The minimum Gasteiger partial charge on any atom is -0.269 e. The topological polar surface area (TPSA) is 17.1 Å². The smallest absolute Gasteiger partial charge is 0.192 e. The van der Waals surface area contributed by atoms with E-state index in [9.17, 15) is 4.57 Å². The lowest BCUT2D eigenvalue weighted by atomic mass is 10.1. The van der Waals surface area contributed by atoms with Crippen LogP contribution in [0.5, 0.6) is 0 Å². The van der Waals surface area contributed by atoms with Crippen molar-refractivity contribution in [3.8, 4) is 0 Å². The van der Waals surface area contributed by atoms with Gasteiger partial charge >= 0.3 is 0 Å². The molecule has 0 N–H and O–H groups in total. The second kappa shape index (κ2) is 32.7. The highest BCUT2D eigenvalue weighted by molar-refractivity contribution is 7.75. The van der Waals surface area contributed by atoms with E-state index in [2.05, 4.69) is 27.7 Å². The monoisotopic (exact) mass is 608 g/mol. The lowest BCUT2D eigenvalue weighted by Crippen LogP contribution is -2.13. The molecule has 240 valence electrons. The van der Waals surface area contributed by atoms with Crippen LogP contribution in [-0.2, 0) is 4.57 Å². The average molecular weight is 608 g/mol. The number of hydrogen-bond acceptors (Lipinski definition) is 1. The summed E-state index contributed by atoms with van der Waals surface area (Å²) >= 11 is 0. The van der Waals surface area contributed by atoms with Gasteiger partial charge in [-0.1, -0.05) is 149 Å². The van der Waals surface area contributed by atoms with Gasteiger partial charge in [-0.2, -0.15) is 0 Å². The maximum Gasteiger partial charge on any atom is 0.192 e. The van der Waals surface area contributed by atoms with Gasteiger partial charge in [0.05, 0.1) is 24.6 Å². The zero-order chi connectivity index (χ0) is 30.1. The summed E-state index contributed by atoms with van der Waals surface area (Å²) in [6.07, 6.45) is 42.1. The first-order valence-corrected chi connectivity index (χ1v) is 21.8. The standard InChI is InChI=1S/C32H68P.C6H5OP/c1-5-9-13-17-18-19-20-21-22-23-24-28-32-33(29-25-14-10-6-2,30-26-15-11-7-3)31-27-16-12-8-4;7-8-6-4-2-1-3-5-6/h5-32H2,1-4H3;1-5H/q+1;. The summed E-state index contributed by atoms with van der Waals surface area (Å²) in [6.45, 7) is 9.41. The Hall–Kier alpha value is -0.250. The zero-order valence-corrected chi connectivity index (χ0v) is 30.3. The first-order valence-electron chi connectivity index (χ1n) is 18.4. The minimum atomic E-state index is -0.697. The highest BCUT2D eigenvalue weighted by Gasteiger charge is 2.34. The van der Waals surface area contributed by atoms with Gasteiger partial charge in [0, 0.05) is 12.6 Å². The lowest BCUT2D eigenvalue weighted by molar-refractivity contribution is 0.548. The van der Waals surface area contributed by atoms with Gasteiger partial charge in [-0.15, -0.1) is 0 Å². The molecule has 1 nitrogen and oxygen atoms in total. The number of unbranched alkanes of at least 4 members (excludes halogenated alkanes) is 20. The highest BCUT2D eigenvalue weighted by Crippen LogP contribution is 2.61. The third kappa shape index (κ3) is 27.1. The molecule has 41 heavy (non-hydrogen) atoms. The molecule has 0 saturated heterocycles. The largest absolute Gasteiger partial charge is 0.269 e. The minimum absolute atomic E-state index is 0.0994. The summed E-state index contributed by atoms with van der Waals surface area (Å²) in [5.74, 6) is 0. The number of benzene rings is 1. The maximum absolute atomic E-state index is 10.1. The van der Waals surface area contributed by atoms with Gasteiger partial charge in [0.2, 0.25) is 0 Å². The van der Waals surface area contributed by atoms with E-state index in [1.54, 1.807) is 50.3 Å². The third-order valence-electron chi connectivity index (χ3n) is 8.81. The number of rotatable bonds is 29. The maximum atomic E-state index is 10.1. The van der Waals surface area contributed by atoms with E-state index in [0.717, 1.165) is 5.30 Å². The predicted octanol–water partition coefficient (Wildman–Crippen LogP) is 14.0. The van der Waals surface area contributed by atoms with E-state index in [1.165, 1.54) is 128 Å². The molecule has 0 radical (unpaired) electrons. The van der Waals surface area contributed by atoms with Gasteiger partial charge in [0.25, 0.3) is 0 Å². The van der Waals surface area contributed by atoms with E-state index in [1.807, 2.05) is 30.3 Å². The molecule has 0 aromatic heterocycles. The van der Waals surface area contributed by atoms with Crippen molar-refractivity contribution in [2.24, 2.45) is 0 Å². The molecule has 0 aliphatic heterocycles. The molecule has 0 fully saturated rings. The van der Waals surface area contributed by atoms with Crippen LogP contribution in [0.3, 0.4) is 0 Å². The fourth-order valence-corrected chi connectivity index (χ4v) is 11.3. The molecule has 3 heteroatoms. The SMILES string of the molecule is CCCCCCCCCCCCCC[P+](CCCCCC)(CCCCCC)CCCCCC.O=Pc1ccccc1. The molecular weight excluding hydrogens is 534 g/mol. The summed E-state index contributed by atoms with van der Waals surface area (Å²) in [5.41, 5.74) is 0. The van der Waals surface area contributed by atoms with Gasteiger partial charge in [-0.25, -0.2) is 0 Å². The predicted molar refractivity (Wildman–Crippen MR) is 194 cm³/mol. The van der Waals surface area contributed by atoms with E-state index in [-0.39, 0.29) is 8.46 Å². The second-order valence-electron chi connectivity index (χ2n) is 12.7. The molecule has 0 amide bonds. The molecule has 0 heterocycles. The molecule has 1 aromatic rings. The Morgan fingerprint density at radius 2 is 0.683 bits per heavy atom. The van der Waals surface area contributed by atoms with Gasteiger partial charge < -0.3 is 0 Å². The summed E-state index contributed by atoms with van der Waals surface area (Å²) < 4.78 is 10.1. The Morgan fingerprint density at radius 1 is 0.415 bits per heavy atom. The molecule has 0 atom stereocenters. The fraction of sp³-hybridized carbons (Fsp3) is 0.842. The molecule has 0 unspecified atom stereocenters. The molecule has 1 aromatic carbocycles. The molecule has 0 saturated carbocycles. The van der Waals surface area contributed by atoms with Crippen LogP contribution in [0.1, 0.15) is 182 Å². The van der Waals surface area contributed by atoms with Crippen molar-refractivity contribution in [2.75, 3.05) is 24.6 Å². The van der Waals surface area contributed by atoms with E-state index < -0.39 is 7.26 Å². The molecule has 0 bridgehead atoms. The van der Waals surface area contributed by atoms with Crippen LogP contribution in [0.2, 0.25) is 0 Å². The molecule has 0 spiro atoms. The van der Waals surface area contributed by atoms with Crippen molar-refractivity contribution in [1.29, 1.82) is 0 Å². The van der Waals surface area contributed by atoms with Crippen molar-refractivity contribution in [2.45, 2.75) is 182 Å². The van der Waals surface area contributed by atoms with Crippen LogP contribution < -0.4 is 5.30 Å². The molecule has 1 rings (SSSR count). The van der Waals surface area contributed by atoms with Gasteiger partial charge in [-0.05, 0) is 63.5 Å². The summed E-state index contributed by atoms with van der Waals surface area (Å²) in [7, 11) is -0.597. The lowest BCUT2D eigenvalue weighted by Gasteiger charge is -2.28.